The molecular weight excluding hydrogens is 466 g/mol. The lowest BCUT2D eigenvalue weighted by Crippen LogP contribution is -2.19. The number of pyridine rings is 1. The van der Waals surface area contributed by atoms with Gasteiger partial charge in [0.1, 0.15) is 18.0 Å². The highest BCUT2D eigenvalue weighted by Crippen LogP contribution is 2.38. The fraction of sp³-hybridized carbons (Fsp3) is 0.0909. The second-order valence-corrected chi connectivity index (χ2v) is 9.99. The van der Waals surface area contributed by atoms with Crippen molar-refractivity contribution in [3.05, 3.63) is 125 Å². The number of nitrogens with zero attached hydrogens (tertiary/aromatic N) is 4. The van der Waals surface area contributed by atoms with E-state index in [4.69, 9.17) is 15.7 Å². The number of hydrogen-bond acceptors (Lipinski definition) is 3. The highest BCUT2D eigenvalue weighted by molar-refractivity contribution is 6.14. The zero-order valence-corrected chi connectivity index (χ0v) is 20.7. The summed E-state index contributed by atoms with van der Waals surface area (Å²) in [6.45, 7) is 0. The molecule has 1 aliphatic carbocycles. The Bertz CT molecular complexity index is 2100. The zero-order valence-electron chi connectivity index (χ0n) is 20.7. The molecule has 5 heteroatoms. The van der Waals surface area contributed by atoms with E-state index in [9.17, 15) is 0 Å². The molecule has 0 fully saturated rings. The first kappa shape index (κ1) is 21.4. The van der Waals surface area contributed by atoms with Gasteiger partial charge in [-0.25, -0.2) is 4.98 Å². The van der Waals surface area contributed by atoms with E-state index in [2.05, 4.69) is 118 Å². The molecular formula is C33H25N5. The van der Waals surface area contributed by atoms with Crippen LogP contribution in [-0.2, 0) is 0 Å². The summed E-state index contributed by atoms with van der Waals surface area (Å²) in [5.41, 5.74) is 13.2. The van der Waals surface area contributed by atoms with Crippen LogP contribution in [0.2, 0.25) is 0 Å². The van der Waals surface area contributed by atoms with Crippen molar-refractivity contribution in [1.82, 2.24) is 14.1 Å². The van der Waals surface area contributed by atoms with E-state index in [0.29, 0.717) is 0 Å². The fourth-order valence-corrected chi connectivity index (χ4v) is 6.05. The van der Waals surface area contributed by atoms with Crippen molar-refractivity contribution >= 4 is 49.9 Å². The van der Waals surface area contributed by atoms with Crippen LogP contribution in [0.1, 0.15) is 18.8 Å². The Labute approximate surface area is 218 Å². The van der Waals surface area contributed by atoms with Crippen molar-refractivity contribution in [1.29, 1.82) is 0 Å². The van der Waals surface area contributed by atoms with E-state index in [0.717, 1.165) is 55.7 Å². The van der Waals surface area contributed by atoms with E-state index in [1.165, 1.54) is 10.8 Å². The Kier molecular flexibility index (Phi) is 4.57. The minimum atomic E-state index is -0.338. The molecule has 0 bridgehead atoms. The third kappa shape index (κ3) is 3.09. The molecule has 5 nitrogen and oxygen atoms in total. The first-order chi connectivity index (χ1) is 18.8. The average molecular weight is 492 g/mol. The van der Waals surface area contributed by atoms with E-state index in [-0.39, 0.29) is 12.3 Å². The van der Waals surface area contributed by atoms with Gasteiger partial charge in [-0.1, -0.05) is 78.9 Å². The van der Waals surface area contributed by atoms with Crippen molar-refractivity contribution < 1.29 is 0 Å². The summed E-state index contributed by atoms with van der Waals surface area (Å²) in [7, 11) is 0. The van der Waals surface area contributed by atoms with Gasteiger partial charge in [0.05, 0.1) is 27.4 Å². The third-order valence-electron chi connectivity index (χ3n) is 7.74. The lowest BCUT2D eigenvalue weighted by Gasteiger charge is -2.15. The van der Waals surface area contributed by atoms with Gasteiger partial charge in [-0.05, 0) is 53.6 Å². The molecule has 2 unspecified atom stereocenters. The van der Waals surface area contributed by atoms with E-state index in [1.54, 1.807) is 0 Å². The van der Waals surface area contributed by atoms with Gasteiger partial charge in [0.15, 0.2) is 0 Å². The molecule has 3 aromatic heterocycles. The van der Waals surface area contributed by atoms with Crippen molar-refractivity contribution in [3.8, 4) is 0 Å². The maximum absolute atomic E-state index is 6.88. The highest BCUT2D eigenvalue weighted by atomic mass is 15.2. The van der Waals surface area contributed by atoms with Crippen molar-refractivity contribution in [2.75, 3.05) is 0 Å². The Balaban J connectivity index is 1.44. The lowest BCUT2D eigenvalue weighted by atomic mass is 10.1. The molecule has 0 amide bonds. The Morgan fingerprint density at radius 1 is 0.842 bits per heavy atom. The molecule has 6 aromatic rings. The predicted octanol–water partition coefficient (Wildman–Crippen LogP) is 5.81. The Morgan fingerprint density at radius 2 is 1.63 bits per heavy atom. The molecule has 0 saturated heterocycles. The standard InChI is InChI=1S/C33H25N5/c34-30(18-21-10-2-1-3-11-21)38-27-16-8-5-13-23(27)25-20-29-32(36-33(25)38)24-14-6-9-17-28(24)37(29)31-19-22-12-4-7-15-26(22)35-31/h1-10,12-20,30-31H,11,34H2/b21-18-. The van der Waals surface area contributed by atoms with Crippen LogP contribution in [0.25, 0.3) is 49.9 Å². The van der Waals surface area contributed by atoms with E-state index >= 15 is 0 Å². The Hall–Kier alpha value is -4.74. The molecule has 182 valence electrons. The number of benzene rings is 3. The number of rotatable bonds is 3. The second kappa shape index (κ2) is 8.13. The maximum atomic E-state index is 6.88. The predicted molar refractivity (Wildman–Crippen MR) is 155 cm³/mol. The summed E-state index contributed by atoms with van der Waals surface area (Å²) in [5.74, 6) is 0. The van der Waals surface area contributed by atoms with Gasteiger partial charge in [0, 0.05) is 16.2 Å². The molecule has 0 saturated carbocycles. The summed E-state index contributed by atoms with van der Waals surface area (Å²) in [6.07, 6.45) is 13.2. The molecule has 0 spiro atoms. The van der Waals surface area contributed by atoms with Crippen molar-refractivity contribution in [2.24, 2.45) is 10.7 Å². The zero-order chi connectivity index (χ0) is 25.2. The van der Waals surface area contributed by atoms with Gasteiger partial charge in [-0.15, -0.1) is 0 Å². The van der Waals surface area contributed by atoms with E-state index in [1.807, 2.05) is 6.07 Å². The largest absolute Gasteiger partial charge is 0.313 e. The summed E-state index contributed by atoms with van der Waals surface area (Å²) < 4.78 is 4.50. The molecule has 1 aliphatic heterocycles. The van der Waals surface area contributed by atoms with Crippen LogP contribution in [0.3, 0.4) is 0 Å². The molecule has 2 atom stereocenters. The minimum Gasteiger partial charge on any atom is -0.313 e. The first-order valence-electron chi connectivity index (χ1n) is 13.0. The smallest absolute Gasteiger partial charge is 0.146 e. The highest BCUT2D eigenvalue weighted by Gasteiger charge is 2.23. The number of fused-ring (bicyclic) bond motifs is 7. The first-order valence-corrected chi connectivity index (χ1v) is 13.0. The lowest BCUT2D eigenvalue weighted by molar-refractivity contribution is 0.666. The minimum absolute atomic E-state index is 0.125. The van der Waals surface area contributed by atoms with Gasteiger partial charge < -0.3 is 14.9 Å². The molecule has 2 N–H and O–H groups in total. The quantitative estimate of drug-likeness (QED) is 0.340. The number of nitrogens with two attached hydrogens (primary N) is 1. The summed E-state index contributed by atoms with van der Waals surface area (Å²) in [6, 6.07) is 27.6. The van der Waals surface area contributed by atoms with E-state index < -0.39 is 0 Å². The van der Waals surface area contributed by atoms with Gasteiger partial charge in [0.2, 0.25) is 0 Å². The maximum Gasteiger partial charge on any atom is 0.146 e. The molecule has 2 aliphatic rings. The van der Waals surface area contributed by atoms with Crippen LogP contribution in [0.5, 0.6) is 0 Å². The van der Waals surface area contributed by atoms with Crippen LogP contribution in [0.15, 0.2) is 120 Å². The summed E-state index contributed by atoms with van der Waals surface area (Å²) in [5, 5.41) is 5.56. The van der Waals surface area contributed by atoms with Crippen molar-refractivity contribution in [2.45, 2.75) is 18.8 Å². The SMILES string of the molecule is NC(/C=C1/C=CC=CC1)n1c2ccccc2c2cc3c(nc21)c1ccccc1n3C1C=c2ccccc2=N1. The molecule has 0 radical (unpaired) electrons. The monoisotopic (exact) mass is 491 g/mol. The van der Waals surface area contributed by atoms with Gasteiger partial charge in [-0.3, -0.25) is 4.99 Å². The third-order valence-corrected chi connectivity index (χ3v) is 7.74. The normalized spacial score (nSPS) is 18.4. The van der Waals surface area contributed by atoms with Crippen LogP contribution in [0, 0.1) is 0 Å². The summed E-state index contributed by atoms with van der Waals surface area (Å²) >= 11 is 0. The van der Waals surface area contributed by atoms with Crippen LogP contribution < -0.4 is 16.3 Å². The van der Waals surface area contributed by atoms with Crippen LogP contribution in [-0.4, -0.2) is 14.1 Å². The number of aromatic nitrogens is 3. The van der Waals surface area contributed by atoms with Crippen LogP contribution in [0.4, 0.5) is 0 Å². The van der Waals surface area contributed by atoms with Gasteiger partial charge >= 0.3 is 0 Å². The van der Waals surface area contributed by atoms with Crippen LogP contribution >= 0.6 is 0 Å². The van der Waals surface area contributed by atoms with Gasteiger partial charge in [0.25, 0.3) is 0 Å². The molecule has 8 rings (SSSR count). The Morgan fingerprint density at radius 3 is 2.47 bits per heavy atom. The average Bonchev–Trinajstić information content (AvgIpc) is 3.62. The van der Waals surface area contributed by atoms with Crippen molar-refractivity contribution in [3.63, 3.8) is 0 Å². The number of allylic oxidation sites excluding steroid dienone is 5. The van der Waals surface area contributed by atoms with Gasteiger partial charge in [-0.2, -0.15) is 0 Å². The summed E-state index contributed by atoms with van der Waals surface area (Å²) in [4.78, 5) is 10.4. The fourth-order valence-electron chi connectivity index (χ4n) is 6.05. The number of hydrogen-bond donors (Lipinski definition) is 1. The molecule has 38 heavy (non-hydrogen) atoms. The molecule has 3 aromatic carbocycles. The second-order valence-electron chi connectivity index (χ2n) is 9.99. The number of para-hydroxylation sites is 3. The molecule has 4 heterocycles. The topological polar surface area (TPSA) is 61.1 Å².